The Morgan fingerprint density at radius 2 is 1.82 bits per heavy atom. The van der Waals surface area contributed by atoms with Gasteiger partial charge in [0.2, 0.25) is 0 Å². The van der Waals surface area contributed by atoms with E-state index in [4.69, 9.17) is 16.3 Å². The van der Waals surface area contributed by atoms with Crippen molar-refractivity contribution < 1.29 is 24.2 Å². The predicted molar refractivity (Wildman–Crippen MR) is 105 cm³/mol. The van der Waals surface area contributed by atoms with Gasteiger partial charge in [-0.15, -0.1) is 6.58 Å². The lowest BCUT2D eigenvalue weighted by Gasteiger charge is -2.15. The Morgan fingerprint density at radius 3 is 2.43 bits per heavy atom. The minimum absolute atomic E-state index is 0.0501. The molecule has 8 heteroatoms. The smallest absolute Gasteiger partial charge is 0.412 e. The molecule has 7 nitrogen and oxygen atoms in total. The highest BCUT2D eigenvalue weighted by Gasteiger charge is 2.22. The summed E-state index contributed by atoms with van der Waals surface area (Å²) in [7, 11) is 0. The number of hydrogen-bond acceptors (Lipinski definition) is 4. The summed E-state index contributed by atoms with van der Waals surface area (Å²) in [6.07, 6.45) is 0.949. The van der Waals surface area contributed by atoms with Gasteiger partial charge in [0.05, 0.1) is 10.6 Å². The molecule has 0 saturated heterocycles. The molecule has 0 bridgehead atoms. The number of rotatable bonds is 8. The molecule has 2 aromatic rings. The fraction of sp³-hybridized carbons (Fsp3) is 0.150. The van der Waals surface area contributed by atoms with Crippen LogP contribution >= 0.6 is 11.6 Å². The third kappa shape index (κ3) is 6.14. The molecule has 0 unspecified atom stereocenters. The Kier molecular flexibility index (Phi) is 7.59. The molecule has 2 aromatic carbocycles. The topological polar surface area (TPSA) is 105 Å². The Labute approximate surface area is 167 Å². The fourth-order valence-electron chi connectivity index (χ4n) is 2.31. The molecule has 28 heavy (non-hydrogen) atoms. The Morgan fingerprint density at radius 1 is 1.14 bits per heavy atom. The molecule has 3 N–H and O–H groups in total. The van der Waals surface area contributed by atoms with Crippen LogP contribution in [0.3, 0.4) is 0 Å². The zero-order valence-electron chi connectivity index (χ0n) is 14.9. The summed E-state index contributed by atoms with van der Waals surface area (Å²) in [5.74, 6) is -1.45. The number of carboxylic acid groups (broad SMARTS) is 1. The summed E-state index contributed by atoms with van der Waals surface area (Å²) < 4.78 is 5.06. The first-order valence-electron chi connectivity index (χ1n) is 8.34. The molecule has 146 valence electrons. The molecular formula is C20H19ClN2O5. The minimum Gasteiger partial charge on any atom is -0.480 e. The molecule has 0 heterocycles. The number of amides is 2. The van der Waals surface area contributed by atoms with Crippen molar-refractivity contribution in [2.24, 2.45) is 0 Å². The van der Waals surface area contributed by atoms with Crippen LogP contribution in [0.5, 0.6) is 5.75 Å². The van der Waals surface area contributed by atoms with Gasteiger partial charge in [0, 0.05) is 13.0 Å². The summed E-state index contributed by atoms with van der Waals surface area (Å²) in [6, 6.07) is 11.6. The van der Waals surface area contributed by atoms with Crippen molar-refractivity contribution in [2.45, 2.75) is 12.5 Å². The van der Waals surface area contributed by atoms with Crippen molar-refractivity contribution in [3.8, 4) is 5.75 Å². The highest BCUT2D eigenvalue weighted by Crippen LogP contribution is 2.16. The molecule has 0 saturated carbocycles. The van der Waals surface area contributed by atoms with Gasteiger partial charge in [0.1, 0.15) is 11.8 Å². The molecule has 0 aliphatic heterocycles. The first-order chi connectivity index (χ1) is 13.4. The van der Waals surface area contributed by atoms with Crippen molar-refractivity contribution in [2.75, 3.05) is 6.54 Å². The molecule has 2 amide bonds. The minimum atomic E-state index is -1.18. The number of nitrogens with one attached hydrogen (secondary N) is 2. The maximum Gasteiger partial charge on any atom is 0.412 e. The van der Waals surface area contributed by atoms with Gasteiger partial charge in [0.25, 0.3) is 5.91 Å². The van der Waals surface area contributed by atoms with E-state index in [0.29, 0.717) is 11.3 Å². The van der Waals surface area contributed by atoms with Gasteiger partial charge >= 0.3 is 12.1 Å². The van der Waals surface area contributed by atoms with Crippen LogP contribution in [-0.4, -0.2) is 35.7 Å². The molecule has 0 aliphatic rings. The number of aliphatic carboxylic acids is 1. The van der Waals surface area contributed by atoms with Crippen LogP contribution < -0.4 is 15.4 Å². The summed E-state index contributed by atoms with van der Waals surface area (Å²) in [4.78, 5) is 35.3. The second-order valence-electron chi connectivity index (χ2n) is 5.75. The van der Waals surface area contributed by atoms with Crippen molar-refractivity contribution in [3.63, 3.8) is 0 Å². The predicted octanol–water partition coefficient (Wildman–Crippen LogP) is 3.04. The summed E-state index contributed by atoms with van der Waals surface area (Å²) >= 11 is 5.97. The SMILES string of the molecule is C=CCNC(=O)Oc1ccc(C[C@H](NC(=O)c2ccccc2Cl)C(=O)O)cc1. The normalized spacial score (nSPS) is 11.2. The highest BCUT2D eigenvalue weighted by molar-refractivity contribution is 6.33. The molecule has 0 aromatic heterocycles. The number of carbonyl (C=O) groups is 3. The molecule has 1 atom stereocenters. The van der Waals surface area contributed by atoms with Crippen molar-refractivity contribution >= 4 is 29.6 Å². The first-order valence-corrected chi connectivity index (χ1v) is 8.72. The molecule has 2 rings (SSSR count). The van der Waals surface area contributed by atoms with Gasteiger partial charge in [-0.25, -0.2) is 9.59 Å². The van der Waals surface area contributed by atoms with E-state index in [1.54, 1.807) is 30.3 Å². The average Bonchev–Trinajstić information content (AvgIpc) is 2.67. The lowest BCUT2D eigenvalue weighted by molar-refractivity contribution is -0.139. The van der Waals surface area contributed by atoms with Crippen molar-refractivity contribution in [1.29, 1.82) is 0 Å². The lowest BCUT2D eigenvalue weighted by Crippen LogP contribution is -2.42. The van der Waals surface area contributed by atoms with Crippen LogP contribution in [0.25, 0.3) is 0 Å². The van der Waals surface area contributed by atoms with Gasteiger partial charge in [-0.3, -0.25) is 4.79 Å². The summed E-state index contributed by atoms with van der Waals surface area (Å²) in [5, 5.41) is 14.6. The first kappa shape index (κ1) is 21.0. The third-order valence-electron chi connectivity index (χ3n) is 3.69. The summed E-state index contributed by atoms with van der Waals surface area (Å²) in [6.45, 7) is 3.76. The summed E-state index contributed by atoms with van der Waals surface area (Å²) in [5.41, 5.74) is 0.843. The number of halogens is 1. The van der Waals surface area contributed by atoms with Crippen LogP contribution in [0.4, 0.5) is 4.79 Å². The Balaban J connectivity index is 2.01. The Hall–Kier alpha value is -3.32. The van der Waals surface area contributed by atoms with Crippen LogP contribution in [-0.2, 0) is 11.2 Å². The number of hydrogen-bond donors (Lipinski definition) is 3. The number of carboxylic acids is 1. The van der Waals surface area contributed by atoms with Gasteiger partial charge in [-0.1, -0.05) is 41.9 Å². The second-order valence-corrected chi connectivity index (χ2v) is 6.16. The van der Waals surface area contributed by atoms with Crippen LogP contribution in [0.1, 0.15) is 15.9 Å². The average molecular weight is 403 g/mol. The van der Waals surface area contributed by atoms with E-state index in [1.807, 2.05) is 0 Å². The number of ether oxygens (including phenoxy) is 1. The van der Waals surface area contributed by atoms with Crippen molar-refractivity contribution in [3.05, 3.63) is 77.3 Å². The van der Waals surface area contributed by atoms with Gasteiger partial charge in [-0.05, 0) is 29.8 Å². The van der Waals surface area contributed by atoms with E-state index in [1.165, 1.54) is 24.3 Å². The molecular weight excluding hydrogens is 384 g/mol. The third-order valence-corrected chi connectivity index (χ3v) is 4.02. The largest absolute Gasteiger partial charge is 0.480 e. The quantitative estimate of drug-likeness (QED) is 0.588. The zero-order valence-corrected chi connectivity index (χ0v) is 15.6. The number of benzene rings is 2. The van der Waals surface area contributed by atoms with Gasteiger partial charge in [0.15, 0.2) is 0 Å². The highest BCUT2D eigenvalue weighted by atomic mass is 35.5. The molecule has 0 spiro atoms. The second kappa shape index (κ2) is 10.1. The van der Waals surface area contributed by atoms with Gasteiger partial charge in [-0.2, -0.15) is 0 Å². The zero-order chi connectivity index (χ0) is 20.5. The van der Waals surface area contributed by atoms with Gasteiger partial charge < -0.3 is 20.5 Å². The number of carbonyl (C=O) groups excluding carboxylic acids is 2. The maximum absolute atomic E-state index is 12.3. The lowest BCUT2D eigenvalue weighted by atomic mass is 10.1. The van der Waals surface area contributed by atoms with E-state index >= 15 is 0 Å². The van der Waals surface area contributed by atoms with E-state index in [2.05, 4.69) is 17.2 Å². The standard InChI is InChI=1S/C20H19ClN2O5/c1-2-11-22-20(27)28-14-9-7-13(8-10-14)12-17(19(25)26)23-18(24)15-5-3-4-6-16(15)21/h2-10,17H,1,11-12H2,(H,22,27)(H,23,24)(H,25,26)/t17-/m0/s1. The monoisotopic (exact) mass is 402 g/mol. The van der Waals surface area contributed by atoms with Crippen LogP contribution in [0.15, 0.2) is 61.2 Å². The van der Waals surface area contributed by atoms with E-state index in [9.17, 15) is 19.5 Å². The maximum atomic E-state index is 12.3. The van der Waals surface area contributed by atoms with E-state index < -0.39 is 24.0 Å². The Bertz CT molecular complexity index is 867. The molecule has 0 fully saturated rings. The van der Waals surface area contributed by atoms with E-state index in [0.717, 1.165) is 0 Å². The molecule has 0 aliphatic carbocycles. The van der Waals surface area contributed by atoms with E-state index in [-0.39, 0.29) is 23.6 Å². The van der Waals surface area contributed by atoms with Crippen LogP contribution in [0, 0.1) is 0 Å². The van der Waals surface area contributed by atoms with Crippen LogP contribution in [0.2, 0.25) is 5.02 Å². The molecule has 0 radical (unpaired) electrons. The van der Waals surface area contributed by atoms with Crippen molar-refractivity contribution in [1.82, 2.24) is 10.6 Å². The fourth-order valence-corrected chi connectivity index (χ4v) is 2.53.